The third kappa shape index (κ3) is 4.88. The van der Waals surface area contributed by atoms with Crippen LogP contribution in [0.2, 0.25) is 0 Å². The molecule has 0 saturated carbocycles. The van der Waals surface area contributed by atoms with Gasteiger partial charge >= 0.3 is 5.97 Å². The highest BCUT2D eigenvalue weighted by Crippen LogP contribution is 2.16. The summed E-state index contributed by atoms with van der Waals surface area (Å²) in [7, 11) is 0. The fraction of sp³-hybridized carbons (Fsp3) is 0.533. The molecule has 0 spiro atoms. The van der Waals surface area contributed by atoms with Crippen LogP contribution in [-0.4, -0.2) is 22.6 Å². The molecule has 0 aliphatic heterocycles. The van der Waals surface area contributed by atoms with Gasteiger partial charge in [-0.25, -0.2) is 9.78 Å². The Hall–Kier alpha value is -2.09. The highest BCUT2D eigenvalue weighted by molar-refractivity contribution is 5.79. The van der Waals surface area contributed by atoms with Gasteiger partial charge in [-0.1, -0.05) is 19.9 Å². The van der Waals surface area contributed by atoms with E-state index in [0.717, 1.165) is 0 Å². The maximum absolute atomic E-state index is 12.2. The molecule has 5 heteroatoms. The zero-order valence-corrected chi connectivity index (χ0v) is 12.6. The second kappa shape index (κ2) is 6.38. The van der Waals surface area contributed by atoms with Crippen LogP contribution in [-0.2, 0) is 9.53 Å². The summed E-state index contributed by atoms with van der Waals surface area (Å²) in [6.45, 7) is 9.34. The minimum absolute atomic E-state index is 0.0393. The summed E-state index contributed by atoms with van der Waals surface area (Å²) in [6.07, 6.45) is 0. The van der Waals surface area contributed by atoms with E-state index in [1.807, 2.05) is 40.7 Å². The van der Waals surface area contributed by atoms with E-state index in [4.69, 9.17) is 10.00 Å². The maximum Gasteiger partial charge on any atom is 0.329 e. The number of esters is 1. The van der Waals surface area contributed by atoms with E-state index >= 15 is 0 Å². The van der Waals surface area contributed by atoms with Gasteiger partial charge in [-0.05, 0) is 38.8 Å². The highest BCUT2D eigenvalue weighted by Gasteiger charge is 2.28. The number of carbonyl (C=O) groups excluding carboxylic acids is 1. The molecule has 20 heavy (non-hydrogen) atoms. The Labute approximate surface area is 120 Å². The van der Waals surface area contributed by atoms with Crippen LogP contribution in [0.25, 0.3) is 0 Å². The topological polar surface area (TPSA) is 75.0 Å². The number of nitrogens with one attached hydrogen (secondary N) is 1. The van der Waals surface area contributed by atoms with Crippen LogP contribution in [0, 0.1) is 17.2 Å². The molecular formula is C15H21N3O2. The average Bonchev–Trinajstić information content (AvgIpc) is 2.33. The van der Waals surface area contributed by atoms with Gasteiger partial charge in [0.2, 0.25) is 0 Å². The van der Waals surface area contributed by atoms with Crippen molar-refractivity contribution >= 4 is 11.8 Å². The summed E-state index contributed by atoms with van der Waals surface area (Å²) in [6, 6.07) is 6.53. The van der Waals surface area contributed by atoms with Crippen LogP contribution in [0.3, 0.4) is 0 Å². The highest BCUT2D eigenvalue weighted by atomic mass is 16.6. The molecule has 108 valence electrons. The molecule has 5 nitrogen and oxygen atoms in total. The second-order valence-corrected chi connectivity index (χ2v) is 5.92. The Bertz CT molecular complexity index is 513. The first-order chi connectivity index (χ1) is 9.23. The van der Waals surface area contributed by atoms with Crippen molar-refractivity contribution in [1.29, 1.82) is 5.26 Å². The van der Waals surface area contributed by atoms with Crippen LogP contribution in [0.15, 0.2) is 18.2 Å². The van der Waals surface area contributed by atoms with E-state index in [-0.39, 0.29) is 11.9 Å². The van der Waals surface area contributed by atoms with Gasteiger partial charge < -0.3 is 10.1 Å². The number of rotatable bonds is 4. The van der Waals surface area contributed by atoms with Crippen LogP contribution < -0.4 is 5.32 Å². The first kappa shape index (κ1) is 16.0. The summed E-state index contributed by atoms with van der Waals surface area (Å²) in [5.41, 5.74) is -0.227. The Balaban J connectivity index is 2.87. The van der Waals surface area contributed by atoms with E-state index in [1.54, 1.807) is 18.2 Å². The normalized spacial score (nSPS) is 12.7. The maximum atomic E-state index is 12.2. The van der Waals surface area contributed by atoms with Crippen molar-refractivity contribution in [3.8, 4) is 6.07 Å². The third-order valence-electron chi connectivity index (χ3n) is 2.49. The number of anilines is 1. The zero-order valence-electron chi connectivity index (χ0n) is 12.6. The largest absolute Gasteiger partial charge is 0.458 e. The molecule has 1 aromatic rings. The zero-order chi connectivity index (χ0) is 15.3. The molecule has 1 N–H and O–H groups in total. The number of carbonyl (C=O) groups is 1. The molecule has 1 heterocycles. The Morgan fingerprint density at radius 2 is 2.05 bits per heavy atom. The van der Waals surface area contributed by atoms with Crippen molar-refractivity contribution in [3.63, 3.8) is 0 Å². The summed E-state index contributed by atoms with van der Waals surface area (Å²) in [5.74, 6) is 0.211. The smallest absolute Gasteiger partial charge is 0.329 e. The average molecular weight is 275 g/mol. The summed E-state index contributed by atoms with van der Waals surface area (Å²) < 4.78 is 5.40. The quantitative estimate of drug-likeness (QED) is 0.855. The van der Waals surface area contributed by atoms with Crippen molar-refractivity contribution in [2.45, 2.75) is 46.3 Å². The third-order valence-corrected chi connectivity index (χ3v) is 2.49. The minimum Gasteiger partial charge on any atom is -0.458 e. The molecule has 0 saturated heterocycles. The van der Waals surface area contributed by atoms with Gasteiger partial charge in [0.1, 0.15) is 29.2 Å². The van der Waals surface area contributed by atoms with Crippen molar-refractivity contribution in [3.05, 3.63) is 23.9 Å². The molecule has 0 aromatic carbocycles. The summed E-state index contributed by atoms with van der Waals surface area (Å²) in [5, 5.41) is 11.9. The SMILES string of the molecule is CC(C)[C@@H](Nc1cccc(C#N)n1)C(=O)OC(C)(C)C. The number of nitriles is 1. The first-order valence-electron chi connectivity index (χ1n) is 6.59. The lowest BCUT2D eigenvalue weighted by atomic mass is 10.0. The molecule has 0 radical (unpaired) electrons. The predicted molar refractivity (Wildman–Crippen MR) is 77.0 cm³/mol. The van der Waals surface area contributed by atoms with Crippen LogP contribution in [0.4, 0.5) is 5.82 Å². The van der Waals surface area contributed by atoms with E-state index in [1.165, 1.54) is 0 Å². The van der Waals surface area contributed by atoms with Crippen molar-refractivity contribution in [2.75, 3.05) is 5.32 Å². The van der Waals surface area contributed by atoms with Gasteiger partial charge in [0.05, 0.1) is 0 Å². The molecule has 0 aliphatic rings. The Morgan fingerprint density at radius 1 is 1.40 bits per heavy atom. The van der Waals surface area contributed by atoms with Crippen molar-refractivity contribution < 1.29 is 9.53 Å². The lowest BCUT2D eigenvalue weighted by Crippen LogP contribution is -2.40. The number of nitrogens with zero attached hydrogens (tertiary/aromatic N) is 2. The molecule has 0 bridgehead atoms. The lowest BCUT2D eigenvalue weighted by Gasteiger charge is -2.26. The molecule has 0 aliphatic carbocycles. The molecule has 1 atom stereocenters. The fourth-order valence-electron chi connectivity index (χ4n) is 1.60. The number of hydrogen-bond donors (Lipinski definition) is 1. The standard InChI is InChI=1S/C15H21N3O2/c1-10(2)13(14(19)20-15(3,4)5)18-12-8-6-7-11(9-16)17-12/h6-8,10,13H,1-5H3,(H,17,18)/t13-/m1/s1. The van der Waals surface area contributed by atoms with E-state index in [9.17, 15) is 4.79 Å². The summed E-state index contributed by atoms with van der Waals surface area (Å²) >= 11 is 0. The molecule has 0 unspecified atom stereocenters. The fourth-order valence-corrected chi connectivity index (χ4v) is 1.60. The van der Waals surface area contributed by atoms with Gasteiger partial charge in [-0.2, -0.15) is 5.26 Å². The van der Waals surface area contributed by atoms with E-state index in [0.29, 0.717) is 11.5 Å². The van der Waals surface area contributed by atoms with Crippen LogP contribution in [0.1, 0.15) is 40.3 Å². The van der Waals surface area contributed by atoms with Gasteiger partial charge in [0, 0.05) is 0 Å². The minimum atomic E-state index is -0.534. The predicted octanol–water partition coefficient (Wildman–Crippen LogP) is 2.73. The molecular weight excluding hydrogens is 254 g/mol. The van der Waals surface area contributed by atoms with Gasteiger partial charge in [0.15, 0.2) is 0 Å². The number of pyridine rings is 1. The van der Waals surface area contributed by atoms with Gasteiger partial charge in [0.25, 0.3) is 0 Å². The van der Waals surface area contributed by atoms with Crippen molar-refractivity contribution in [2.24, 2.45) is 5.92 Å². The van der Waals surface area contributed by atoms with Crippen molar-refractivity contribution in [1.82, 2.24) is 4.98 Å². The Morgan fingerprint density at radius 3 is 2.55 bits per heavy atom. The molecule has 1 aromatic heterocycles. The number of ether oxygens (including phenoxy) is 1. The van der Waals surface area contributed by atoms with Gasteiger partial charge in [-0.3, -0.25) is 0 Å². The number of hydrogen-bond acceptors (Lipinski definition) is 5. The number of aromatic nitrogens is 1. The molecule has 1 rings (SSSR count). The first-order valence-corrected chi connectivity index (χ1v) is 6.59. The van der Waals surface area contributed by atoms with E-state index in [2.05, 4.69) is 10.3 Å². The lowest BCUT2D eigenvalue weighted by molar-refractivity contribution is -0.156. The Kier molecular flexibility index (Phi) is 5.09. The van der Waals surface area contributed by atoms with Gasteiger partial charge in [-0.15, -0.1) is 0 Å². The van der Waals surface area contributed by atoms with E-state index < -0.39 is 11.6 Å². The van der Waals surface area contributed by atoms with Crippen LogP contribution >= 0.6 is 0 Å². The second-order valence-electron chi connectivity index (χ2n) is 5.92. The summed E-state index contributed by atoms with van der Waals surface area (Å²) in [4.78, 5) is 16.3. The van der Waals surface area contributed by atoms with Crippen LogP contribution in [0.5, 0.6) is 0 Å². The molecule has 0 fully saturated rings. The monoisotopic (exact) mass is 275 g/mol. The molecule has 0 amide bonds.